The number of rotatable bonds is 7. The van der Waals surface area contributed by atoms with Crippen molar-refractivity contribution in [1.82, 2.24) is 49.0 Å². The molecule has 0 saturated heterocycles. The summed E-state index contributed by atoms with van der Waals surface area (Å²) >= 11 is 0. The van der Waals surface area contributed by atoms with E-state index in [9.17, 15) is 9.59 Å². The van der Waals surface area contributed by atoms with Gasteiger partial charge < -0.3 is 9.80 Å². The quantitative estimate of drug-likeness (QED) is 0.387. The molecule has 0 N–H and O–H groups in total. The third kappa shape index (κ3) is 4.85. The molecule has 0 saturated carbocycles. The van der Waals surface area contributed by atoms with Crippen LogP contribution in [-0.4, -0.2) is 88.0 Å². The first-order valence-electron chi connectivity index (χ1n) is 11.0. The lowest BCUT2D eigenvalue weighted by Gasteiger charge is -2.22. The molecular formula is C22H28N10O2. The Morgan fingerprint density at radius 3 is 1.47 bits per heavy atom. The molecule has 178 valence electrons. The fraction of sp³-hybridized carbons (Fsp3) is 0.455. The highest BCUT2D eigenvalue weighted by Gasteiger charge is 2.18. The van der Waals surface area contributed by atoms with Crippen LogP contribution in [-0.2, 0) is 22.4 Å². The van der Waals surface area contributed by atoms with Crippen LogP contribution in [0.4, 0.5) is 0 Å². The Labute approximate surface area is 196 Å². The Morgan fingerprint density at radius 1 is 0.706 bits per heavy atom. The summed E-state index contributed by atoms with van der Waals surface area (Å²) in [7, 11) is 3.40. The molecule has 4 aromatic rings. The lowest BCUT2D eigenvalue weighted by atomic mass is 10.3. The van der Waals surface area contributed by atoms with Gasteiger partial charge >= 0.3 is 0 Å². The van der Waals surface area contributed by atoms with Crippen LogP contribution >= 0.6 is 0 Å². The molecule has 0 spiro atoms. The van der Waals surface area contributed by atoms with E-state index in [2.05, 4.69) is 30.1 Å². The summed E-state index contributed by atoms with van der Waals surface area (Å²) in [4.78, 5) is 45.9. The Bertz CT molecular complexity index is 1280. The molecule has 0 bridgehead atoms. The molecule has 34 heavy (non-hydrogen) atoms. The average Bonchev–Trinajstić information content (AvgIpc) is 3.35. The number of aryl methyl sites for hydroxylation is 4. The van der Waals surface area contributed by atoms with E-state index in [-0.39, 0.29) is 24.7 Å². The molecule has 4 aromatic heterocycles. The van der Waals surface area contributed by atoms with Gasteiger partial charge in [-0.05, 0) is 39.8 Å². The average molecular weight is 465 g/mol. The van der Waals surface area contributed by atoms with E-state index in [1.54, 1.807) is 32.9 Å². The van der Waals surface area contributed by atoms with Crippen LogP contribution in [0.1, 0.15) is 34.4 Å². The van der Waals surface area contributed by atoms with Crippen LogP contribution < -0.4 is 0 Å². The summed E-state index contributed by atoms with van der Waals surface area (Å²) in [5.74, 6) is 1.53. The van der Waals surface area contributed by atoms with Gasteiger partial charge in [-0.15, -0.1) is 10.2 Å². The fourth-order valence-corrected chi connectivity index (χ4v) is 3.66. The van der Waals surface area contributed by atoms with Crippen LogP contribution in [0.3, 0.4) is 0 Å². The largest absolute Gasteiger partial charge is 0.344 e. The molecule has 2 amide bonds. The summed E-state index contributed by atoms with van der Waals surface area (Å²) in [6.07, 6.45) is 0.125. The van der Waals surface area contributed by atoms with Crippen molar-refractivity contribution in [2.45, 2.75) is 40.5 Å². The molecular weight excluding hydrogens is 436 g/mol. The Morgan fingerprint density at radius 2 is 1.09 bits per heavy atom. The monoisotopic (exact) mass is 464 g/mol. The zero-order valence-corrected chi connectivity index (χ0v) is 20.3. The van der Waals surface area contributed by atoms with Crippen LogP contribution in [0.5, 0.6) is 0 Å². The zero-order valence-electron chi connectivity index (χ0n) is 20.3. The standard InChI is InChI=1S/C22H28N10O2/c1-13-9-15(3)31-21(23-13)25-17(27-31)11-19(33)29(5)7-8-30(6)20(34)12-18-26-22-24-14(2)10-16(4)32(22)28-18/h9-10H,7-8,11-12H2,1-6H3. The van der Waals surface area contributed by atoms with Crippen LogP contribution in [0.25, 0.3) is 11.6 Å². The van der Waals surface area contributed by atoms with Gasteiger partial charge in [0.05, 0.1) is 12.8 Å². The van der Waals surface area contributed by atoms with E-state index >= 15 is 0 Å². The molecule has 0 atom stereocenters. The van der Waals surface area contributed by atoms with Crippen molar-refractivity contribution in [3.05, 3.63) is 46.6 Å². The van der Waals surface area contributed by atoms with E-state index in [0.717, 1.165) is 22.8 Å². The summed E-state index contributed by atoms with van der Waals surface area (Å²) < 4.78 is 3.27. The Hall–Kier alpha value is -3.96. The molecule has 12 heteroatoms. The third-order valence-corrected chi connectivity index (χ3v) is 5.57. The third-order valence-electron chi connectivity index (χ3n) is 5.57. The highest BCUT2D eigenvalue weighted by molar-refractivity contribution is 5.79. The van der Waals surface area contributed by atoms with Gasteiger partial charge in [-0.2, -0.15) is 9.97 Å². The maximum atomic E-state index is 12.7. The first-order chi connectivity index (χ1) is 16.1. The second kappa shape index (κ2) is 9.12. The lowest BCUT2D eigenvalue weighted by molar-refractivity contribution is -0.133. The van der Waals surface area contributed by atoms with Crippen molar-refractivity contribution < 1.29 is 9.59 Å². The molecule has 0 aliphatic heterocycles. The van der Waals surface area contributed by atoms with Gasteiger partial charge in [-0.25, -0.2) is 19.0 Å². The summed E-state index contributed by atoms with van der Waals surface area (Å²) in [5, 5.41) is 8.77. The molecule has 0 radical (unpaired) electrons. The molecule has 0 fully saturated rings. The normalized spacial score (nSPS) is 11.4. The van der Waals surface area contributed by atoms with E-state index in [0.29, 0.717) is 36.3 Å². The molecule has 4 heterocycles. The highest BCUT2D eigenvalue weighted by atomic mass is 16.2. The molecule has 0 aromatic carbocycles. The van der Waals surface area contributed by atoms with Crippen molar-refractivity contribution in [2.75, 3.05) is 27.2 Å². The molecule has 0 unspecified atom stereocenters. The molecule has 12 nitrogen and oxygen atoms in total. The maximum absolute atomic E-state index is 12.7. The number of fused-ring (bicyclic) bond motifs is 2. The van der Waals surface area contributed by atoms with Gasteiger partial charge in [0.2, 0.25) is 11.8 Å². The van der Waals surface area contributed by atoms with Gasteiger partial charge in [0.25, 0.3) is 11.6 Å². The number of amides is 2. The minimum absolute atomic E-state index is 0.0624. The maximum Gasteiger partial charge on any atom is 0.252 e. The van der Waals surface area contributed by atoms with E-state index in [4.69, 9.17) is 0 Å². The minimum atomic E-state index is -0.134. The van der Waals surface area contributed by atoms with Crippen molar-refractivity contribution >= 4 is 23.4 Å². The van der Waals surface area contributed by atoms with Crippen LogP contribution in [0.15, 0.2) is 12.1 Å². The van der Waals surface area contributed by atoms with Gasteiger partial charge in [0.1, 0.15) is 0 Å². The molecule has 0 aliphatic carbocycles. The van der Waals surface area contributed by atoms with Gasteiger partial charge in [0, 0.05) is 50.0 Å². The number of aromatic nitrogens is 8. The number of hydrogen-bond acceptors (Lipinski definition) is 8. The van der Waals surface area contributed by atoms with Gasteiger partial charge in [-0.1, -0.05) is 0 Å². The second-order valence-corrected chi connectivity index (χ2v) is 8.54. The van der Waals surface area contributed by atoms with E-state index in [1.165, 1.54) is 0 Å². The Kier molecular flexibility index (Phi) is 6.22. The Balaban J connectivity index is 1.32. The number of hydrogen-bond donors (Lipinski definition) is 0. The molecule has 4 rings (SSSR count). The van der Waals surface area contributed by atoms with Crippen molar-refractivity contribution in [3.63, 3.8) is 0 Å². The first-order valence-corrected chi connectivity index (χ1v) is 11.0. The van der Waals surface area contributed by atoms with Crippen molar-refractivity contribution in [2.24, 2.45) is 0 Å². The predicted molar refractivity (Wildman–Crippen MR) is 123 cm³/mol. The van der Waals surface area contributed by atoms with Crippen LogP contribution in [0, 0.1) is 27.7 Å². The summed E-state index contributed by atoms with van der Waals surface area (Å²) in [6.45, 7) is 8.37. The lowest BCUT2D eigenvalue weighted by Crippen LogP contribution is -2.38. The minimum Gasteiger partial charge on any atom is -0.344 e. The number of likely N-dealkylation sites (N-methyl/N-ethyl adjacent to an activating group) is 2. The number of carbonyl (C=O) groups is 2. The van der Waals surface area contributed by atoms with Gasteiger partial charge in [-0.3, -0.25) is 9.59 Å². The van der Waals surface area contributed by atoms with E-state index in [1.807, 2.05) is 39.8 Å². The molecule has 0 aliphatic rings. The number of carbonyl (C=O) groups excluding carboxylic acids is 2. The second-order valence-electron chi connectivity index (χ2n) is 8.54. The predicted octanol–water partition coefficient (Wildman–Crippen LogP) is 0.498. The summed E-state index contributed by atoms with van der Waals surface area (Å²) in [6, 6.07) is 3.82. The fourth-order valence-electron chi connectivity index (χ4n) is 3.66. The van der Waals surface area contributed by atoms with E-state index < -0.39 is 0 Å². The zero-order chi connectivity index (χ0) is 24.6. The first kappa shape index (κ1) is 23.2. The van der Waals surface area contributed by atoms with Gasteiger partial charge in [0.15, 0.2) is 11.6 Å². The SMILES string of the molecule is Cc1cc(C)n2nc(CC(=O)N(C)CCN(C)C(=O)Cc3nc4nc(C)cc(C)n4n3)nc2n1. The van der Waals surface area contributed by atoms with Crippen molar-refractivity contribution in [1.29, 1.82) is 0 Å². The highest BCUT2D eigenvalue weighted by Crippen LogP contribution is 2.08. The van der Waals surface area contributed by atoms with Crippen LogP contribution in [0.2, 0.25) is 0 Å². The van der Waals surface area contributed by atoms with Crippen molar-refractivity contribution in [3.8, 4) is 0 Å². The number of nitrogens with zero attached hydrogens (tertiary/aromatic N) is 10. The smallest absolute Gasteiger partial charge is 0.252 e. The summed E-state index contributed by atoms with van der Waals surface area (Å²) in [5.41, 5.74) is 3.51. The topological polar surface area (TPSA) is 127 Å².